The van der Waals surface area contributed by atoms with Gasteiger partial charge in [0.05, 0.1) is 6.33 Å². The molecule has 1 amide bonds. The summed E-state index contributed by atoms with van der Waals surface area (Å²) in [4.78, 5) is 37.5. The molecule has 3 N–H and O–H groups in total. The lowest BCUT2D eigenvalue weighted by atomic mass is 10.2. The lowest BCUT2D eigenvalue weighted by Crippen LogP contribution is -2.38. The van der Waals surface area contributed by atoms with Crippen molar-refractivity contribution in [3.05, 3.63) is 12.7 Å². The smallest absolute Gasteiger partial charge is 0.325 e. The number of aliphatic carboxylic acids is 1. The lowest BCUT2D eigenvalue weighted by Gasteiger charge is -2.08. The van der Waals surface area contributed by atoms with Gasteiger partial charge in [0, 0.05) is 6.42 Å². The molecule has 22 heavy (non-hydrogen) atoms. The van der Waals surface area contributed by atoms with E-state index in [-0.39, 0.29) is 5.91 Å². The summed E-state index contributed by atoms with van der Waals surface area (Å²) in [6.45, 7) is 1.45. The molecule has 0 fully saturated rings. The SMILES string of the molecule is C[C@H](NC(=O)CCCCSc1ncnc2nc[nH]c12)C(=O)O. The highest BCUT2D eigenvalue weighted by atomic mass is 32.2. The normalized spacial score (nSPS) is 12.2. The molecule has 2 heterocycles. The maximum atomic E-state index is 11.5. The molecule has 0 aliphatic carbocycles. The molecule has 0 aliphatic rings. The summed E-state index contributed by atoms with van der Waals surface area (Å²) in [5.41, 5.74) is 1.46. The van der Waals surface area contributed by atoms with E-state index in [4.69, 9.17) is 5.11 Å². The number of fused-ring (bicyclic) bond motifs is 1. The fourth-order valence-electron chi connectivity index (χ4n) is 1.78. The van der Waals surface area contributed by atoms with Gasteiger partial charge in [-0.3, -0.25) is 9.59 Å². The number of amides is 1. The molecule has 0 aromatic carbocycles. The highest BCUT2D eigenvalue weighted by Gasteiger charge is 2.13. The fourth-order valence-corrected chi connectivity index (χ4v) is 2.74. The summed E-state index contributed by atoms with van der Waals surface area (Å²) in [7, 11) is 0. The van der Waals surface area contributed by atoms with Gasteiger partial charge in [-0.1, -0.05) is 0 Å². The maximum absolute atomic E-state index is 11.5. The van der Waals surface area contributed by atoms with E-state index in [0.717, 1.165) is 22.7 Å². The molecular formula is C13H17N5O3S. The van der Waals surface area contributed by atoms with Crippen LogP contribution in [0.3, 0.4) is 0 Å². The molecule has 1 atom stereocenters. The molecule has 0 saturated carbocycles. The third-order valence-electron chi connectivity index (χ3n) is 2.97. The van der Waals surface area contributed by atoms with Crippen LogP contribution in [0.15, 0.2) is 17.7 Å². The number of nitrogens with zero attached hydrogens (tertiary/aromatic N) is 3. The maximum Gasteiger partial charge on any atom is 0.325 e. The number of carboxylic acid groups (broad SMARTS) is 1. The number of aromatic amines is 1. The molecule has 0 bridgehead atoms. The first kappa shape index (κ1) is 16.2. The Hall–Kier alpha value is -2.16. The van der Waals surface area contributed by atoms with Gasteiger partial charge in [0.1, 0.15) is 22.9 Å². The molecular weight excluding hydrogens is 306 g/mol. The largest absolute Gasteiger partial charge is 0.480 e. The summed E-state index contributed by atoms with van der Waals surface area (Å²) in [6.07, 6.45) is 4.91. The number of carbonyl (C=O) groups excluding carboxylic acids is 1. The summed E-state index contributed by atoms with van der Waals surface area (Å²) in [6, 6.07) is -0.850. The van der Waals surface area contributed by atoms with Gasteiger partial charge in [-0.15, -0.1) is 11.8 Å². The molecule has 2 rings (SSSR count). The van der Waals surface area contributed by atoms with Crippen molar-refractivity contribution < 1.29 is 14.7 Å². The third-order valence-corrected chi connectivity index (χ3v) is 4.05. The van der Waals surface area contributed by atoms with E-state index < -0.39 is 12.0 Å². The molecule has 0 saturated heterocycles. The number of carboxylic acids is 1. The molecule has 9 heteroatoms. The fraction of sp³-hybridized carbons (Fsp3) is 0.462. The lowest BCUT2D eigenvalue weighted by molar-refractivity contribution is -0.141. The van der Waals surface area contributed by atoms with Crippen molar-refractivity contribution >= 4 is 34.8 Å². The number of nitrogens with one attached hydrogen (secondary N) is 2. The standard InChI is InChI=1S/C13H17N5O3S/c1-8(13(20)21)18-9(19)4-2-3-5-22-12-10-11(15-6-14-10)16-7-17-12/h6-8H,2-5H2,1H3,(H,18,19)(H,20,21)(H,14,15,16,17)/t8-/m0/s1. The van der Waals surface area contributed by atoms with Crippen LogP contribution in [0.1, 0.15) is 26.2 Å². The summed E-state index contributed by atoms with van der Waals surface area (Å²) in [5, 5.41) is 12.0. The quantitative estimate of drug-likeness (QED) is 0.379. The van der Waals surface area contributed by atoms with Gasteiger partial charge in [0.2, 0.25) is 5.91 Å². The summed E-state index contributed by atoms with van der Waals surface area (Å²) < 4.78 is 0. The van der Waals surface area contributed by atoms with Crippen LogP contribution in [0.2, 0.25) is 0 Å². The van der Waals surface area contributed by atoms with Gasteiger partial charge >= 0.3 is 5.97 Å². The van der Waals surface area contributed by atoms with Gasteiger partial charge in [-0.2, -0.15) is 0 Å². The number of hydrogen-bond donors (Lipinski definition) is 3. The van der Waals surface area contributed by atoms with E-state index in [9.17, 15) is 9.59 Å². The molecule has 0 unspecified atom stereocenters. The topological polar surface area (TPSA) is 121 Å². The molecule has 118 valence electrons. The molecule has 2 aromatic heterocycles. The highest BCUT2D eigenvalue weighted by Crippen LogP contribution is 2.22. The van der Waals surface area contributed by atoms with Crippen molar-refractivity contribution in [1.82, 2.24) is 25.3 Å². The van der Waals surface area contributed by atoms with E-state index in [2.05, 4.69) is 25.3 Å². The van der Waals surface area contributed by atoms with Gasteiger partial charge in [-0.25, -0.2) is 15.0 Å². The Bertz CT molecular complexity index is 660. The second-order valence-electron chi connectivity index (χ2n) is 4.71. The first-order valence-corrected chi connectivity index (χ1v) is 7.85. The number of rotatable bonds is 8. The second kappa shape index (κ2) is 7.74. The minimum Gasteiger partial charge on any atom is -0.480 e. The predicted molar refractivity (Wildman–Crippen MR) is 81.5 cm³/mol. The minimum atomic E-state index is -1.03. The average molecular weight is 323 g/mol. The van der Waals surface area contributed by atoms with Crippen molar-refractivity contribution in [1.29, 1.82) is 0 Å². The number of thioether (sulfide) groups is 1. The van der Waals surface area contributed by atoms with Crippen LogP contribution < -0.4 is 5.32 Å². The highest BCUT2D eigenvalue weighted by molar-refractivity contribution is 7.99. The van der Waals surface area contributed by atoms with Gasteiger partial charge in [-0.05, 0) is 25.5 Å². The van der Waals surface area contributed by atoms with Crippen molar-refractivity contribution in [2.75, 3.05) is 5.75 Å². The zero-order chi connectivity index (χ0) is 15.9. The van der Waals surface area contributed by atoms with E-state index >= 15 is 0 Å². The van der Waals surface area contributed by atoms with Crippen LogP contribution in [0, 0.1) is 0 Å². The Morgan fingerprint density at radius 3 is 2.95 bits per heavy atom. The van der Waals surface area contributed by atoms with Crippen LogP contribution in [0.25, 0.3) is 11.2 Å². The number of carbonyl (C=O) groups is 2. The Balaban J connectivity index is 1.68. The van der Waals surface area contributed by atoms with Crippen LogP contribution in [-0.2, 0) is 9.59 Å². The van der Waals surface area contributed by atoms with Gasteiger partial charge in [0.15, 0.2) is 5.65 Å². The predicted octanol–water partition coefficient (Wildman–Crippen LogP) is 1.20. The minimum absolute atomic E-state index is 0.238. The van der Waals surface area contributed by atoms with E-state index in [1.807, 2.05) is 0 Å². The van der Waals surface area contributed by atoms with Crippen molar-refractivity contribution in [2.24, 2.45) is 0 Å². The zero-order valence-corrected chi connectivity index (χ0v) is 12.9. The number of imidazole rings is 1. The zero-order valence-electron chi connectivity index (χ0n) is 12.1. The summed E-state index contributed by atoms with van der Waals surface area (Å²) >= 11 is 1.58. The molecule has 0 spiro atoms. The monoisotopic (exact) mass is 323 g/mol. The van der Waals surface area contributed by atoms with Crippen LogP contribution >= 0.6 is 11.8 Å². The summed E-state index contributed by atoms with van der Waals surface area (Å²) in [5.74, 6) is -0.457. The number of hydrogen-bond acceptors (Lipinski definition) is 6. The Kier molecular flexibility index (Phi) is 5.70. The molecule has 8 nitrogen and oxygen atoms in total. The third kappa shape index (κ3) is 4.42. The molecule has 0 aliphatic heterocycles. The number of H-pyrrole nitrogens is 1. The van der Waals surface area contributed by atoms with Gasteiger partial charge < -0.3 is 15.4 Å². The molecule has 0 radical (unpaired) electrons. The van der Waals surface area contributed by atoms with E-state index in [1.54, 1.807) is 18.1 Å². The van der Waals surface area contributed by atoms with E-state index in [1.165, 1.54) is 13.3 Å². The van der Waals surface area contributed by atoms with Crippen molar-refractivity contribution in [3.63, 3.8) is 0 Å². The first-order valence-electron chi connectivity index (χ1n) is 6.87. The number of unbranched alkanes of at least 4 members (excludes halogenated alkanes) is 1. The van der Waals surface area contributed by atoms with Crippen molar-refractivity contribution in [3.8, 4) is 0 Å². The van der Waals surface area contributed by atoms with Crippen LogP contribution in [-0.4, -0.2) is 48.7 Å². The van der Waals surface area contributed by atoms with Gasteiger partial charge in [0.25, 0.3) is 0 Å². The van der Waals surface area contributed by atoms with Crippen LogP contribution in [0.5, 0.6) is 0 Å². The first-order chi connectivity index (χ1) is 10.6. The number of aromatic nitrogens is 4. The Labute approximate surface area is 131 Å². The average Bonchev–Trinajstić information content (AvgIpc) is 2.96. The molecule has 2 aromatic rings. The Morgan fingerprint density at radius 2 is 2.18 bits per heavy atom. The van der Waals surface area contributed by atoms with Crippen molar-refractivity contribution in [2.45, 2.75) is 37.3 Å². The second-order valence-corrected chi connectivity index (χ2v) is 5.80. The van der Waals surface area contributed by atoms with E-state index in [0.29, 0.717) is 18.5 Å². The Morgan fingerprint density at radius 1 is 1.36 bits per heavy atom. The van der Waals surface area contributed by atoms with Crippen LogP contribution in [0.4, 0.5) is 0 Å².